The summed E-state index contributed by atoms with van der Waals surface area (Å²) in [6.07, 6.45) is -4.11. The molecule has 0 radical (unpaired) electrons. The van der Waals surface area contributed by atoms with Crippen LogP contribution in [0.25, 0.3) is 0 Å². The van der Waals surface area contributed by atoms with E-state index < -0.39 is 242 Å². The maximum atomic E-state index is 14.9. The molecule has 15 amide bonds. The van der Waals surface area contributed by atoms with E-state index in [-0.39, 0.29) is 112 Å². The number of imidazole rings is 1. The molecule has 4 aromatic rings. The Balaban J connectivity index is 1.39. The van der Waals surface area contributed by atoms with Crippen molar-refractivity contribution in [3.63, 3.8) is 0 Å². The molecule has 45 nitrogen and oxygen atoms in total. The summed E-state index contributed by atoms with van der Waals surface area (Å²) < 4.78 is 0. The van der Waals surface area contributed by atoms with Gasteiger partial charge in [-0.15, -0.1) is 0 Å². The fraction of sp³-hybridized carbons (Fsp3) is 0.487. The quantitative estimate of drug-likeness (QED) is 0.00845. The van der Waals surface area contributed by atoms with Crippen molar-refractivity contribution in [2.45, 2.75) is 194 Å². The molecule has 2 heterocycles. The third-order valence-electron chi connectivity index (χ3n) is 19.1. The normalized spacial score (nSPS) is 15.7. The number of hydrogen-bond acceptors (Lipinski definition) is 27. The number of phenols is 2. The van der Waals surface area contributed by atoms with Crippen molar-refractivity contribution in [3.05, 3.63) is 114 Å². The predicted octanol–water partition coefficient (Wildman–Crippen LogP) is -8.45. The van der Waals surface area contributed by atoms with Crippen LogP contribution in [0.15, 0.2) is 91.4 Å². The van der Waals surface area contributed by atoms with Crippen LogP contribution in [-0.2, 0) is 107 Å². The number of aliphatic carboxylic acids is 2. The lowest BCUT2D eigenvalue weighted by atomic mass is 10.0. The zero-order chi connectivity index (χ0) is 91.2. The van der Waals surface area contributed by atoms with Gasteiger partial charge in [0.15, 0.2) is 5.96 Å². The number of benzene rings is 3. The number of nitrogens with zero attached hydrogens (tertiary/aromatic N) is 2. The number of carbonyl (C=O) groups is 17. The van der Waals surface area contributed by atoms with Gasteiger partial charge >= 0.3 is 11.9 Å². The number of aromatic hydroxyl groups is 2. The second-order valence-electron chi connectivity index (χ2n) is 28.8. The van der Waals surface area contributed by atoms with Crippen LogP contribution in [0.2, 0.25) is 0 Å². The molecule has 1 aliphatic rings. The van der Waals surface area contributed by atoms with Gasteiger partial charge in [0.05, 0.1) is 43.6 Å². The zero-order valence-electron chi connectivity index (χ0n) is 67.0. The maximum Gasteiger partial charge on any atom is 0.327 e. The number of hydrogen-bond donors (Lipinski definition) is 28. The lowest BCUT2D eigenvalue weighted by molar-refractivity contribution is -0.144. The Morgan fingerprint density at radius 2 is 0.959 bits per heavy atom. The molecule has 0 unspecified atom stereocenters. The molecule has 47 heteroatoms. The second-order valence-corrected chi connectivity index (χ2v) is 29.5. The van der Waals surface area contributed by atoms with Gasteiger partial charge in [-0.2, -0.15) is 25.3 Å². The lowest BCUT2D eigenvalue weighted by Crippen LogP contribution is -2.62. The van der Waals surface area contributed by atoms with Crippen LogP contribution in [0.5, 0.6) is 11.5 Å². The monoisotopic (exact) mass is 1760 g/mol. The van der Waals surface area contributed by atoms with Gasteiger partial charge in [0, 0.05) is 62.9 Å². The third-order valence-corrected chi connectivity index (χ3v) is 19.9. The Morgan fingerprint density at radius 3 is 1.41 bits per heavy atom. The SMILES string of the molecule is C[C@@H](O)[C@H](NC(=O)[C@@H]1CCCN1C(=O)[C@H](CCCCN)NC(=O)[C@H](CO)NC(=O)[C@H](Cc1ccc(O)cc1)NC(=O)[C@H](CC(N)=O)NC(=O)[C@@H](N)CS)C(=O)N[C@@H](CC(=O)O)C(=O)N[C@@H](CCCNC(=N)N)C(=O)N[C@@H](CCC(N)=O)C(=O)N[C@@H](Cc1ccc(O)cc1)C(=O)N[C@@H](Cc1c[nH]cn1)C(=O)N[C@@H](Cc1ccccc1)C(=O)N[C@@H](CS)C(=O)O. The highest BCUT2D eigenvalue weighted by Crippen LogP contribution is 2.22. The molecule has 3 aromatic carbocycles. The average molecular weight is 1760 g/mol. The number of aliphatic hydroxyl groups is 2. The van der Waals surface area contributed by atoms with Crippen LogP contribution in [0, 0.1) is 5.41 Å². The van der Waals surface area contributed by atoms with Gasteiger partial charge in [-0.3, -0.25) is 82.1 Å². The summed E-state index contributed by atoms with van der Waals surface area (Å²) in [5.74, 6) is -21.3. The first-order valence-electron chi connectivity index (χ1n) is 38.9. The van der Waals surface area contributed by atoms with E-state index >= 15 is 0 Å². The van der Waals surface area contributed by atoms with E-state index in [0.29, 0.717) is 11.1 Å². The van der Waals surface area contributed by atoms with Crippen molar-refractivity contribution in [3.8, 4) is 11.5 Å². The summed E-state index contributed by atoms with van der Waals surface area (Å²) in [6, 6.07) is -4.95. The zero-order valence-corrected chi connectivity index (χ0v) is 68.8. The van der Waals surface area contributed by atoms with Gasteiger partial charge in [-0.1, -0.05) is 54.6 Å². The Kier molecular flexibility index (Phi) is 41.9. The first-order valence-corrected chi connectivity index (χ1v) is 40.2. The number of rotatable bonds is 53. The van der Waals surface area contributed by atoms with E-state index in [1.54, 1.807) is 30.3 Å². The van der Waals surface area contributed by atoms with Gasteiger partial charge in [-0.05, 0) is 106 Å². The fourth-order valence-electron chi connectivity index (χ4n) is 12.5. The number of amides is 15. The summed E-state index contributed by atoms with van der Waals surface area (Å²) in [7, 11) is 0. The number of H-pyrrole nitrogens is 1. The van der Waals surface area contributed by atoms with Gasteiger partial charge in [-0.25, -0.2) is 9.78 Å². The van der Waals surface area contributed by atoms with Gasteiger partial charge in [0.25, 0.3) is 0 Å². The minimum absolute atomic E-state index is 0.104. The van der Waals surface area contributed by atoms with E-state index in [9.17, 15) is 112 Å². The van der Waals surface area contributed by atoms with Crippen molar-refractivity contribution in [2.75, 3.05) is 37.7 Å². The number of unbranched alkanes of at least 4 members (excludes halogenated alkanes) is 1. The molecule has 1 aromatic heterocycles. The number of carboxylic acids is 2. The number of guanidine groups is 1. The van der Waals surface area contributed by atoms with Crippen LogP contribution in [0.3, 0.4) is 0 Å². The molecular weight excluding hydrogens is 1650 g/mol. The summed E-state index contributed by atoms with van der Waals surface area (Å²) >= 11 is 8.00. The highest BCUT2D eigenvalue weighted by atomic mass is 32.1. The molecule has 5 rings (SSSR count). The number of thiol groups is 2. The van der Waals surface area contributed by atoms with Crippen LogP contribution < -0.4 is 97.8 Å². The highest BCUT2D eigenvalue weighted by molar-refractivity contribution is 7.80. The number of nitrogens with one attached hydrogen (secondary N) is 15. The minimum Gasteiger partial charge on any atom is -0.508 e. The lowest BCUT2D eigenvalue weighted by Gasteiger charge is -2.31. The largest absolute Gasteiger partial charge is 0.508 e. The number of nitrogens with two attached hydrogens (primary N) is 5. The average Bonchev–Trinajstić information content (AvgIpc) is 1.73. The van der Waals surface area contributed by atoms with E-state index in [1.165, 1.54) is 61.1 Å². The summed E-state index contributed by atoms with van der Waals surface area (Å²) in [5.41, 5.74) is 29.3. The number of carboxylic acid groups (broad SMARTS) is 2. The third kappa shape index (κ3) is 34.4. The molecular formula is C76H108N22O23S2. The molecule has 1 saturated heterocycles. The number of aromatic nitrogens is 2. The maximum absolute atomic E-state index is 14.9. The van der Waals surface area contributed by atoms with Gasteiger partial charge < -0.3 is 138 Å². The Bertz CT molecular complexity index is 4310. The summed E-state index contributed by atoms with van der Waals surface area (Å²) in [4.78, 5) is 243. The Labute approximate surface area is 715 Å². The van der Waals surface area contributed by atoms with Crippen LogP contribution >= 0.6 is 25.3 Å². The van der Waals surface area contributed by atoms with E-state index in [4.69, 9.17) is 34.1 Å². The standard InChI is InChI=1S/C76H108N22O23S2/c1-38(100)61(97-72(117)57-13-8-26-98(57)74(119)48(11-5-6-24-77)88-71(116)55(34-99)95-66(111)51(29-41-16-20-44(102)21-17-41)92-69(114)53(31-59(80)104)89-62(107)45(78)35-122)73(118)94-54(32-60(105)106)70(115)86-46(12-7-25-84-76(81)82)63(108)87-47(22-23-58(79)103)64(109)90-50(28-40-14-18-43(101)19-15-40)65(110)93-52(30-42-33-83-37-85-42)68(113)91-49(27-39-9-3-2-4-10-39)67(112)96-56(36-123)75(120)121/h2-4,9-10,14-21,33,37-38,45-57,61,99-102,122-123H,5-8,11-13,22-32,34-36,77-78H2,1H3,(H2,79,103)(H2,80,104)(H,83,85)(H,86,115)(H,87,108)(H,88,116)(H,89,107)(H,90,109)(H,91,113)(H,92,114)(H,93,110)(H,94,118)(H,95,111)(H,96,112)(H,97,117)(H,105,106)(H,120,121)(H4,81,82,84)/t38-,45+,46+,47+,48+,49+,50+,51+,52+,53+,54+,55+,56+,57+,61+/m1/s1. The Morgan fingerprint density at radius 1 is 0.520 bits per heavy atom. The van der Waals surface area contributed by atoms with Crippen molar-refractivity contribution >= 4 is 132 Å². The molecule has 0 bridgehead atoms. The van der Waals surface area contributed by atoms with Crippen molar-refractivity contribution < 1.29 is 112 Å². The number of primary amides is 2. The fourth-order valence-corrected chi connectivity index (χ4v) is 13.0. The molecule has 31 N–H and O–H groups in total. The van der Waals surface area contributed by atoms with E-state index in [0.717, 1.165) is 11.8 Å². The first-order chi connectivity index (χ1) is 58.3. The first kappa shape index (κ1) is 101. The number of aliphatic hydroxyl groups excluding tert-OH is 2. The number of phenolic OH excluding ortho intramolecular Hbond substituents is 2. The molecule has 0 spiro atoms. The molecule has 0 aliphatic carbocycles. The van der Waals surface area contributed by atoms with Gasteiger partial charge in [0.1, 0.15) is 90.0 Å². The molecule has 15 atom stereocenters. The molecule has 1 fully saturated rings. The number of carbonyl (C=O) groups excluding carboxylic acids is 15. The highest BCUT2D eigenvalue weighted by Gasteiger charge is 2.43. The minimum atomic E-state index is -2.18. The van der Waals surface area contributed by atoms with Crippen molar-refractivity contribution in [2.24, 2.45) is 28.7 Å². The summed E-state index contributed by atoms with van der Waals surface area (Å²) in [5, 5.41) is 101. The van der Waals surface area contributed by atoms with Crippen molar-refractivity contribution in [1.29, 1.82) is 5.41 Å². The van der Waals surface area contributed by atoms with E-state index in [2.05, 4.69) is 104 Å². The second kappa shape index (κ2) is 51.1. The molecule has 123 heavy (non-hydrogen) atoms. The summed E-state index contributed by atoms with van der Waals surface area (Å²) in [6.45, 7) is -0.306. The molecule has 0 saturated carbocycles. The number of aromatic amines is 1. The van der Waals surface area contributed by atoms with Crippen LogP contribution in [0.1, 0.15) is 99.9 Å². The van der Waals surface area contributed by atoms with Crippen molar-refractivity contribution in [1.82, 2.24) is 84.0 Å². The number of likely N-dealkylation sites (tertiary alicyclic amines) is 1. The Hall–Kier alpha value is -12.7. The molecule has 672 valence electrons. The van der Waals surface area contributed by atoms with Gasteiger partial charge in [0.2, 0.25) is 88.6 Å². The topological polar surface area (TPSA) is 754 Å². The predicted molar refractivity (Wildman–Crippen MR) is 443 cm³/mol. The van der Waals surface area contributed by atoms with Crippen LogP contribution in [-0.4, -0.2) is 280 Å². The van der Waals surface area contributed by atoms with Crippen LogP contribution in [0.4, 0.5) is 0 Å². The van der Waals surface area contributed by atoms with E-state index in [1.807, 2.05) is 0 Å². The smallest absolute Gasteiger partial charge is 0.327 e. The molecule has 1 aliphatic heterocycles.